The largest absolute Gasteiger partial charge is 0.345 e. The first-order valence-corrected chi connectivity index (χ1v) is 13.9. The Bertz CT molecular complexity index is 1150. The molecule has 6 heteroatoms. The van der Waals surface area contributed by atoms with E-state index in [2.05, 4.69) is 108 Å². The van der Waals surface area contributed by atoms with Crippen molar-refractivity contribution in [2.45, 2.75) is 45.5 Å². The Morgan fingerprint density at radius 2 is 0.812 bits per heavy atom. The summed E-state index contributed by atoms with van der Waals surface area (Å²) >= 11 is 7.69. The maximum atomic E-state index is 2.35. The molecule has 2 atom stereocenters. The highest BCUT2D eigenvalue weighted by molar-refractivity contribution is 8.30. The second-order valence-electron chi connectivity index (χ2n) is 8.02. The van der Waals surface area contributed by atoms with E-state index in [1.807, 2.05) is 47.0 Å². The van der Waals surface area contributed by atoms with Gasteiger partial charge in [0, 0.05) is 44.4 Å². The third-order valence-corrected chi connectivity index (χ3v) is 11.5. The van der Waals surface area contributed by atoms with Gasteiger partial charge < -0.3 is 9.13 Å². The molecule has 0 unspecified atom stereocenters. The van der Waals surface area contributed by atoms with Crippen LogP contribution in [0.1, 0.15) is 37.1 Å². The third kappa shape index (κ3) is 3.77. The van der Waals surface area contributed by atoms with E-state index in [1.54, 1.807) is 0 Å². The fourth-order valence-electron chi connectivity index (χ4n) is 4.04. The zero-order valence-electron chi connectivity index (χ0n) is 17.8. The molecule has 160 valence electrons. The Morgan fingerprint density at radius 1 is 0.500 bits per heavy atom. The predicted octanol–water partition coefficient (Wildman–Crippen LogP) is 8.73. The standard InChI is InChI=1S/C26H22N2S4/c1-17(19-9-5-3-6-10-19)27-13-21-22(14-27)30-25(29-21)26-31-23-15-28(16-24(23)32-26)18(2)20-11-7-4-8-12-20/h3-18H,1-2H3/t17-,18-/m0/s1. The van der Waals surface area contributed by atoms with E-state index in [0.717, 1.165) is 0 Å². The Morgan fingerprint density at radius 3 is 1.12 bits per heavy atom. The number of hydrogen-bond acceptors (Lipinski definition) is 4. The molecule has 2 aromatic carbocycles. The number of aromatic nitrogens is 2. The highest BCUT2D eigenvalue weighted by Crippen LogP contribution is 2.62. The van der Waals surface area contributed by atoms with Crippen LogP contribution in [0.5, 0.6) is 0 Å². The van der Waals surface area contributed by atoms with Crippen LogP contribution in [0.2, 0.25) is 0 Å². The van der Waals surface area contributed by atoms with Crippen LogP contribution in [-0.4, -0.2) is 9.13 Å². The van der Waals surface area contributed by atoms with Crippen molar-refractivity contribution in [1.82, 2.24) is 9.13 Å². The maximum Gasteiger partial charge on any atom is 0.0707 e. The molecule has 6 rings (SSSR count). The van der Waals surface area contributed by atoms with E-state index in [1.165, 1.54) is 39.2 Å². The second-order valence-corrected chi connectivity index (χ2v) is 12.7. The molecule has 0 saturated carbocycles. The van der Waals surface area contributed by atoms with Gasteiger partial charge in [-0.1, -0.05) is 108 Å². The summed E-state index contributed by atoms with van der Waals surface area (Å²) in [6.45, 7) is 4.54. The molecule has 2 aliphatic rings. The van der Waals surface area contributed by atoms with Crippen LogP contribution < -0.4 is 0 Å². The lowest BCUT2D eigenvalue weighted by atomic mass is 10.1. The van der Waals surface area contributed by atoms with Crippen molar-refractivity contribution in [2.24, 2.45) is 0 Å². The van der Waals surface area contributed by atoms with Gasteiger partial charge in [-0.3, -0.25) is 0 Å². The van der Waals surface area contributed by atoms with E-state index < -0.39 is 0 Å². The lowest BCUT2D eigenvalue weighted by molar-refractivity contribution is 0.639. The van der Waals surface area contributed by atoms with Gasteiger partial charge in [0.05, 0.1) is 20.6 Å². The summed E-state index contributed by atoms with van der Waals surface area (Å²) < 4.78 is 7.53. The molecule has 0 aliphatic carbocycles. The van der Waals surface area contributed by atoms with Gasteiger partial charge in [0.15, 0.2) is 0 Å². The summed E-state index contributed by atoms with van der Waals surface area (Å²) in [5.41, 5.74) is 2.69. The molecule has 0 bridgehead atoms. The zero-order chi connectivity index (χ0) is 21.7. The monoisotopic (exact) mass is 490 g/mol. The molecule has 2 aliphatic heterocycles. The highest BCUT2D eigenvalue weighted by atomic mass is 32.2. The lowest BCUT2D eigenvalue weighted by Crippen LogP contribution is -2.03. The van der Waals surface area contributed by atoms with Crippen LogP contribution >= 0.6 is 47.0 Å². The minimum absolute atomic E-state index is 0.349. The van der Waals surface area contributed by atoms with Crippen LogP contribution in [0.15, 0.2) is 114 Å². The molecule has 2 aromatic heterocycles. The number of nitrogens with zero attached hydrogens (tertiary/aromatic N) is 2. The van der Waals surface area contributed by atoms with Crippen molar-refractivity contribution in [3.8, 4) is 0 Å². The van der Waals surface area contributed by atoms with Gasteiger partial charge in [-0.05, 0) is 25.0 Å². The maximum absolute atomic E-state index is 2.35. The van der Waals surface area contributed by atoms with Crippen molar-refractivity contribution < 1.29 is 0 Å². The quantitative estimate of drug-likeness (QED) is 0.283. The number of benzene rings is 2. The minimum atomic E-state index is 0.349. The topological polar surface area (TPSA) is 9.86 Å². The van der Waals surface area contributed by atoms with Gasteiger partial charge >= 0.3 is 0 Å². The van der Waals surface area contributed by atoms with Crippen molar-refractivity contribution in [3.63, 3.8) is 0 Å². The molecular formula is C26H22N2S4. The molecule has 4 heterocycles. The van der Waals surface area contributed by atoms with Gasteiger partial charge in [0.1, 0.15) is 0 Å². The van der Waals surface area contributed by atoms with Crippen molar-refractivity contribution in [3.05, 3.63) is 105 Å². The van der Waals surface area contributed by atoms with Gasteiger partial charge in [-0.25, -0.2) is 0 Å². The average molecular weight is 491 g/mol. The number of thioether (sulfide) groups is 4. The Balaban J connectivity index is 1.17. The Labute approximate surface area is 205 Å². The van der Waals surface area contributed by atoms with Crippen LogP contribution in [0.4, 0.5) is 0 Å². The molecule has 2 nitrogen and oxygen atoms in total. The summed E-state index contributed by atoms with van der Waals surface area (Å²) in [7, 11) is 0. The van der Waals surface area contributed by atoms with Crippen LogP contribution in [0.3, 0.4) is 0 Å². The van der Waals surface area contributed by atoms with E-state index in [9.17, 15) is 0 Å². The predicted molar refractivity (Wildman–Crippen MR) is 140 cm³/mol. The Kier molecular flexibility index (Phi) is 5.50. The highest BCUT2D eigenvalue weighted by Gasteiger charge is 2.30. The average Bonchev–Trinajstić information content (AvgIpc) is 3.58. The number of fused-ring (bicyclic) bond motifs is 2. The summed E-state index contributed by atoms with van der Waals surface area (Å²) in [5, 5.41) is 0. The Hall–Kier alpha value is -1.86. The van der Waals surface area contributed by atoms with E-state index in [4.69, 9.17) is 0 Å². The van der Waals surface area contributed by atoms with E-state index >= 15 is 0 Å². The lowest BCUT2D eigenvalue weighted by Gasteiger charge is -2.14. The third-order valence-electron chi connectivity index (χ3n) is 5.99. The first kappa shape index (κ1) is 20.7. The van der Waals surface area contributed by atoms with Gasteiger partial charge in [-0.2, -0.15) is 0 Å². The molecule has 0 amide bonds. The molecular weight excluding hydrogens is 469 g/mol. The summed E-state index contributed by atoms with van der Waals surface area (Å²) in [5.74, 6) is 0. The van der Waals surface area contributed by atoms with Gasteiger partial charge in [0.2, 0.25) is 0 Å². The SMILES string of the molecule is C[C@@H](c1ccccc1)n1cc2c(c1)SC(=C1Sc3cn([C@@H](C)c4ccccc4)cc3S1)S2. The van der Waals surface area contributed by atoms with E-state index in [0.29, 0.717) is 12.1 Å². The molecule has 0 N–H and O–H groups in total. The summed E-state index contributed by atoms with van der Waals surface area (Å²) in [6.07, 6.45) is 9.24. The summed E-state index contributed by atoms with van der Waals surface area (Å²) in [4.78, 5) is 5.50. The molecule has 0 radical (unpaired) electrons. The molecule has 32 heavy (non-hydrogen) atoms. The van der Waals surface area contributed by atoms with Crippen LogP contribution in [0, 0.1) is 0 Å². The fraction of sp³-hybridized carbons (Fsp3) is 0.154. The van der Waals surface area contributed by atoms with Crippen molar-refractivity contribution in [1.29, 1.82) is 0 Å². The van der Waals surface area contributed by atoms with Gasteiger partial charge in [0.25, 0.3) is 0 Å². The van der Waals surface area contributed by atoms with Crippen molar-refractivity contribution in [2.75, 3.05) is 0 Å². The second kappa shape index (κ2) is 8.49. The molecule has 0 fully saturated rings. The minimum Gasteiger partial charge on any atom is -0.345 e. The first-order chi connectivity index (χ1) is 15.7. The molecule has 4 aromatic rings. The van der Waals surface area contributed by atoms with Crippen LogP contribution in [-0.2, 0) is 0 Å². The zero-order valence-corrected chi connectivity index (χ0v) is 21.0. The number of rotatable bonds is 4. The fourth-order valence-corrected chi connectivity index (χ4v) is 9.39. The first-order valence-electron chi connectivity index (χ1n) is 10.6. The smallest absolute Gasteiger partial charge is 0.0707 e. The van der Waals surface area contributed by atoms with Crippen LogP contribution in [0.25, 0.3) is 0 Å². The summed E-state index contributed by atoms with van der Waals surface area (Å²) in [6, 6.07) is 22.1. The molecule has 0 saturated heterocycles. The van der Waals surface area contributed by atoms with Gasteiger partial charge in [-0.15, -0.1) is 0 Å². The normalized spacial score (nSPS) is 16.8. The van der Waals surface area contributed by atoms with Crippen molar-refractivity contribution >= 4 is 47.0 Å². The van der Waals surface area contributed by atoms with E-state index in [-0.39, 0.29) is 0 Å². The number of hydrogen-bond donors (Lipinski definition) is 0. The molecule has 0 spiro atoms.